The van der Waals surface area contributed by atoms with Crippen molar-refractivity contribution in [2.24, 2.45) is 0 Å². The summed E-state index contributed by atoms with van der Waals surface area (Å²) in [6.07, 6.45) is 0.756. The predicted octanol–water partition coefficient (Wildman–Crippen LogP) is -0.0707. The fourth-order valence-corrected chi connectivity index (χ4v) is 5.94. The van der Waals surface area contributed by atoms with E-state index in [4.69, 9.17) is 11.6 Å². The number of halogens is 1. The quantitative estimate of drug-likeness (QED) is 0.813. The minimum atomic E-state index is -2.83. The zero-order valence-electron chi connectivity index (χ0n) is 11.5. The largest absolute Gasteiger partial charge is 0.329 e. The summed E-state index contributed by atoms with van der Waals surface area (Å²) in [6, 6.07) is 3.71. The summed E-state index contributed by atoms with van der Waals surface area (Å²) >= 11 is 7.17. The summed E-state index contributed by atoms with van der Waals surface area (Å²) in [4.78, 5) is 16.2. The molecule has 0 unspecified atom stereocenters. The molecule has 0 saturated carbocycles. The number of nitrogens with one attached hydrogen (secondary N) is 1. The Kier molecular flexibility index (Phi) is 4.27. The van der Waals surface area contributed by atoms with E-state index in [1.165, 1.54) is 16.2 Å². The predicted molar refractivity (Wildman–Crippen MR) is 83.0 cm³/mol. The lowest BCUT2D eigenvalue weighted by Crippen LogP contribution is -3.18. The van der Waals surface area contributed by atoms with Crippen LogP contribution in [0.15, 0.2) is 12.1 Å². The molecule has 2 fully saturated rings. The van der Waals surface area contributed by atoms with Gasteiger partial charge in [-0.05, 0) is 12.1 Å². The van der Waals surface area contributed by atoms with Gasteiger partial charge in [0.05, 0.1) is 41.1 Å². The van der Waals surface area contributed by atoms with E-state index in [1.807, 2.05) is 4.90 Å². The molecule has 2 saturated heterocycles. The second-order valence-corrected chi connectivity index (χ2v) is 9.60. The molecule has 2 aliphatic rings. The highest BCUT2D eigenvalue weighted by Gasteiger charge is 2.37. The average molecular weight is 350 g/mol. The number of carbonyl (C=O) groups is 1. The smallest absolute Gasteiger partial charge is 0.264 e. The van der Waals surface area contributed by atoms with Crippen molar-refractivity contribution in [1.29, 1.82) is 0 Å². The molecule has 0 bridgehead atoms. The van der Waals surface area contributed by atoms with E-state index in [1.54, 1.807) is 12.1 Å². The summed E-state index contributed by atoms with van der Waals surface area (Å²) in [5, 5.41) is 0. The third-order valence-corrected chi connectivity index (χ3v) is 7.27. The molecule has 1 amide bonds. The molecule has 1 N–H and O–H groups in total. The summed E-state index contributed by atoms with van der Waals surface area (Å²) in [6.45, 7) is 3.01. The Balaban J connectivity index is 1.57. The lowest BCUT2D eigenvalue weighted by molar-refractivity contribution is -0.925. The van der Waals surface area contributed by atoms with Crippen molar-refractivity contribution in [1.82, 2.24) is 4.90 Å². The number of piperazine rings is 1. The molecule has 8 heteroatoms. The molecule has 0 radical (unpaired) electrons. The van der Waals surface area contributed by atoms with Crippen LogP contribution >= 0.6 is 22.9 Å². The summed E-state index contributed by atoms with van der Waals surface area (Å²) in [5.41, 5.74) is 0. The van der Waals surface area contributed by atoms with Crippen LogP contribution < -0.4 is 4.90 Å². The number of rotatable bonds is 2. The van der Waals surface area contributed by atoms with E-state index in [9.17, 15) is 13.2 Å². The Morgan fingerprint density at radius 1 is 1.33 bits per heavy atom. The molecular formula is C13H18ClN2O3S2+. The number of amides is 1. The highest BCUT2D eigenvalue weighted by molar-refractivity contribution is 7.91. The Labute approximate surface area is 133 Å². The number of carbonyl (C=O) groups excluding carboxylic acids is 1. The van der Waals surface area contributed by atoms with Crippen LogP contribution in [-0.2, 0) is 9.84 Å². The Morgan fingerprint density at radius 3 is 2.57 bits per heavy atom. The van der Waals surface area contributed by atoms with Crippen molar-refractivity contribution < 1.29 is 18.1 Å². The zero-order valence-corrected chi connectivity index (χ0v) is 13.9. The van der Waals surface area contributed by atoms with Crippen LogP contribution in [0.2, 0.25) is 4.34 Å². The zero-order chi connectivity index (χ0) is 15.0. The third kappa shape index (κ3) is 3.41. The summed E-state index contributed by atoms with van der Waals surface area (Å²) in [7, 11) is -2.83. The van der Waals surface area contributed by atoms with Gasteiger partial charge in [-0.25, -0.2) is 8.42 Å². The fraction of sp³-hybridized carbons (Fsp3) is 0.615. The number of hydrogen-bond donors (Lipinski definition) is 1. The van der Waals surface area contributed by atoms with Crippen molar-refractivity contribution in [2.45, 2.75) is 12.5 Å². The molecule has 0 spiro atoms. The molecule has 3 heterocycles. The molecule has 2 aliphatic heterocycles. The summed E-state index contributed by atoms with van der Waals surface area (Å²) < 4.78 is 23.7. The van der Waals surface area contributed by atoms with Gasteiger partial charge < -0.3 is 9.80 Å². The molecule has 0 aromatic carbocycles. The molecule has 1 atom stereocenters. The number of thiophene rings is 1. The van der Waals surface area contributed by atoms with Gasteiger partial charge in [0.2, 0.25) is 0 Å². The van der Waals surface area contributed by atoms with Crippen LogP contribution in [0.3, 0.4) is 0 Å². The van der Waals surface area contributed by atoms with Crippen LogP contribution in [0.25, 0.3) is 0 Å². The minimum Gasteiger partial charge on any atom is -0.329 e. The van der Waals surface area contributed by atoms with Gasteiger partial charge in [0.1, 0.15) is 11.8 Å². The lowest BCUT2D eigenvalue weighted by atomic mass is 10.2. The minimum absolute atomic E-state index is 0.0324. The molecule has 5 nitrogen and oxygen atoms in total. The third-order valence-electron chi connectivity index (χ3n) is 4.29. The standard InChI is InChI=1S/C13H17ClN2O3S2/c14-12-2-1-11(20-12)13(17)16-6-4-15(5-7-16)10-3-8-21(18,19)9-10/h1-2,10H,3-9H2/p+1/t10-/m1/s1. The highest BCUT2D eigenvalue weighted by atomic mass is 35.5. The van der Waals surface area contributed by atoms with Crippen molar-refractivity contribution >= 4 is 38.7 Å². The van der Waals surface area contributed by atoms with Crippen LogP contribution in [-0.4, -0.2) is 63.0 Å². The van der Waals surface area contributed by atoms with Gasteiger partial charge in [0, 0.05) is 6.42 Å². The molecule has 0 aliphatic carbocycles. The molecule has 1 aromatic heterocycles. The molecule has 116 valence electrons. The van der Waals surface area contributed by atoms with Crippen LogP contribution in [0.5, 0.6) is 0 Å². The van der Waals surface area contributed by atoms with E-state index < -0.39 is 9.84 Å². The lowest BCUT2D eigenvalue weighted by Gasteiger charge is -2.34. The van der Waals surface area contributed by atoms with E-state index in [2.05, 4.69) is 0 Å². The Hall–Kier alpha value is -0.630. The summed E-state index contributed by atoms with van der Waals surface area (Å²) in [5.74, 6) is 0.652. The molecule has 1 aromatic rings. The first kappa shape index (κ1) is 15.3. The van der Waals surface area contributed by atoms with Crippen LogP contribution in [0.1, 0.15) is 16.1 Å². The first-order chi connectivity index (χ1) is 9.94. The van der Waals surface area contributed by atoms with E-state index >= 15 is 0 Å². The highest BCUT2D eigenvalue weighted by Crippen LogP contribution is 2.22. The van der Waals surface area contributed by atoms with Crippen molar-refractivity contribution in [3.05, 3.63) is 21.3 Å². The Morgan fingerprint density at radius 2 is 2.05 bits per heavy atom. The van der Waals surface area contributed by atoms with Crippen molar-refractivity contribution in [2.75, 3.05) is 37.7 Å². The van der Waals surface area contributed by atoms with Gasteiger partial charge >= 0.3 is 0 Å². The maximum atomic E-state index is 12.3. The normalized spacial score (nSPS) is 26.1. The second-order valence-electron chi connectivity index (χ2n) is 5.65. The maximum absolute atomic E-state index is 12.3. The molecule has 21 heavy (non-hydrogen) atoms. The number of hydrogen-bond acceptors (Lipinski definition) is 4. The van der Waals surface area contributed by atoms with Gasteiger partial charge in [0.15, 0.2) is 9.84 Å². The van der Waals surface area contributed by atoms with Crippen molar-refractivity contribution in [3.63, 3.8) is 0 Å². The maximum Gasteiger partial charge on any atom is 0.264 e. The van der Waals surface area contributed by atoms with E-state index in [0.29, 0.717) is 33.8 Å². The molecule has 3 rings (SSSR count). The first-order valence-electron chi connectivity index (χ1n) is 7.04. The number of nitrogens with zero attached hydrogens (tertiary/aromatic N) is 1. The van der Waals surface area contributed by atoms with Crippen LogP contribution in [0.4, 0.5) is 0 Å². The number of sulfone groups is 1. The topological polar surface area (TPSA) is 58.9 Å². The number of quaternary nitrogens is 1. The Bertz CT molecular complexity index is 636. The van der Waals surface area contributed by atoms with Crippen molar-refractivity contribution in [3.8, 4) is 0 Å². The second kappa shape index (κ2) is 5.87. The fourth-order valence-electron chi connectivity index (χ4n) is 3.11. The first-order valence-corrected chi connectivity index (χ1v) is 10.1. The average Bonchev–Trinajstić information content (AvgIpc) is 3.04. The van der Waals surface area contributed by atoms with E-state index in [-0.39, 0.29) is 11.9 Å². The van der Waals surface area contributed by atoms with Crippen LogP contribution in [0, 0.1) is 0 Å². The van der Waals surface area contributed by atoms with Gasteiger partial charge in [-0.3, -0.25) is 4.79 Å². The van der Waals surface area contributed by atoms with Gasteiger partial charge in [-0.1, -0.05) is 11.6 Å². The monoisotopic (exact) mass is 349 g/mol. The SMILES string of the molecule is O=C(c1ccc(Cl)s1)N1CC[NH+]([C@@H]2CCS(=O)(=O)C2)CC1. The molecular weight excluding hydrogens is 332 g/mol. The van der Waals surface area contributed by atoms with Gasteiger partial charge in [0.25, 0.3) is 5.91 Å². The van der Waals surface area contributed by atoms with Gasteiger partial charge in [-0.15, -0.1) is 11.3 Å². The van der Waals surface area contributed by atoms with Gasteiger partial charge in [-0.2, -0.15) is 0 Å². The van der Waals surface area contributed by atoms with E-state index in [0.717, 1.165) is 19.5 Å².